The van der Waals surface area contributed by atoms with Gasteiger partial charge in [-0.1, -0.05) is 25.3 Å². The number of benzene rings is 1. The van der Waals surface area contributed by atoms with Crippen LogP contribution in [-0.2, 0) is 6.54 Å². The predicted octanol–water partition coefficient (Wildman–Crippen LogP) is 3.54. The molecular weight excluding hydrogens is 372 g/mol. The van der Waals surface area contributed by atoms with Gasteiger partial charge in [-0.25, -0.2) is 0 Å². The first-order valence-corrected chi connectivity index (χ1v) is 12.0. The van der Waals surface area contributed by atoms with Crippen LogP contribution in [0.1, 0.15) is 44.1 Å². The summed E-state index contributed by atoms with van der Waals surface area (Å²) in [6.07, 6.45) is 9.24. The average Bonchev–Trinajstić information content (AvgIpc) is 2.68. The molecular formula is C22H38N2O3S. The molecule has 0 spiro atoms. The van der Waals surface area contributed by atoms with Gasteiger partial charge < -0.3 is 24.8 Å². The Hall–Kier alpha value is -0.950. The zero-order chi connectivity index (χ0) is 20.0. The highest BCUT2D eigenvalue weighted by Gasteiger charge is 2.15. The summed E-state index contributed by atoms with van der Waals surface area (Å²) in [6.45, 7) is 4.91. The van der Waals surface area contributed by atoms with Gasteiger partial charge in [-0.05, 0) is 57.0 Å². The summed E-state index contributed by atoms with van der Waals surface area (Å²) < 4.78 is 11.4. The Morgan fingerprint density at radius 1 is 1.18 bits per heavy atom. The van der Waals surface area contributed by atoms with E-state index in [1.165, 1.54) is 37.9 Å². The molecule has 1 aromatic rings. The van der Waals surface area contributed by atoms with Crippen LogP contribution in [0.3, 0.4) is 0 Å². The standard InChI is InChI=1S/C22H38N2O3S/c1-26-21-10-9-19(16-23-11-8-14-28-2)22(15-21)27-18-20(25)17-24-12-6-4-3-5-7-13-24/h9-10,15,20,23,25H,3-8,11-14,16-18H2,1-2H3. The number of aliphatic hydroxyl groups excluding tert-OH is 1. The van der Waals surface area contributed by atoms with Gasteiger partial charge in [-0.15, -0.1) is 0 Å². The summed E-state index contributed by atoms with van der Waals surface area (Å²) in [6, 6.07) is 5.92. The molecule has 2 rings (SSSR count). The van der Waals surface area contributed by atoms with Crippen LogP contribution in [0.2, 0.25) is 0 Å². The normalized spacial score (nSPS) is 17.0. The number of nitrogens with zero attached hydrogens (tertiary/aromatic N) is 1. The SMILES string of the molecule is COc1ccc(CNCCCSC)c(OCC(O)CN2CCCCCCC2)c1. The van der Waals surface area contributed by atoms with Gasteiger partial charge in [0.15, 0.2) is 0 Å². The summed E-state index contributed by atoms with van der Waals surface area (Å²) in [7, 11) is 1.66. The summed E-state index contributed by atoms with van der Waals surface area (Å²) >= 11 is 1.87. The van der Waals surface area contributed by atoms with Crippen molar-refractivity contribution >= 4 is 11.8 Å². The highest BCUT2D eigenvalue weighted by molar-refractivity contribution is 7.98. The summed E-state index contributed by atoms with van der Waals surface area (Å²) in [5.41, 5.74) is 1.10. The average molecular weight is 411 g/mol. The van der Waals surface area contributed by atoms with Crippen molar-refractivity contribution in [3.63, 3.8) is 0 Å². The minimum absolute atomic E-state index is 0.309. The molecule has 1 fully saturated rings. The van der Waals surface area contributed by atoms with Gasteiger partial charge in [0.05, 0.1) is 7.11 Å². The van der Waals surface area contributed by atoms with Gasteiger partial charge in [0.25, 0.3) is 0 Å². The maximum absolute atomic E-state index is 10.5. The maximum atomic E-state index is 10.5. The lowest BCUT2D eigenvalue weighted by Crippen LogP contribution is -2.37. The largest absolute Gasteiger partial charge is 0.497 e. The monoisotopic (exact) mass is 410 g/mol. The molecule has 1 aromatic carbocycles. The second-order valence-corrected chi connectivity index (χ2v) is 8.52. The van der Waals surface area contributed by atoms with Crippen LogP contribution in [0.5, 0.6) is 11.5 Å². The molecule has 0 radical (unpaired) electrons. The third kappa shape index (κ3) is 9.03. The Morgan fingerprint density at radius 3 is 2.64 bits per heavy atom. The highest BCUT2D eigenvalue weighted by atomic mass is 32.2. The van der Waals surface area contributed by atoms with Crippen molar-refractivity contribution in [1.82, 2.24) is 10.2 Å². The van der Waals surface area contributed by atoms with E-state index in [4.69, 9.17) is 9.47 Å². The van der Waals surface area contributed by atoms with Gasteiger partial charge in [-0.2, -0.15) is 11.8 Å². The number of rotatable bonds is 12. The van der Waals surface area contributed by atoms with E-state index in [1.807, 2.05) is 30.0 Å². The molecule has 160 valence electrons. The number of likely N-dealkylation sites (tertiary alicyclic amines) is 1. The highest BCUT2D eigenvalue weighted by Crippen LogP contribution is 2.25. The van der Waals surface area contributed by atoms with Crippen LogP contribution in [-0.4, -0.2) is 68.0 Å². The molecule has 0 aliphatic carbocycles. The van der Waals surface area contributed by atoms with Gasteiger partial charge in [0.1, 0.15) is 24.2 Å². The molecule has 5 nitrogen and oxygen atoms in total. The first-order chi connectivity index (χ1) is 13.7. The molecule has 1 aliphatic heterocycles. The van der Waals surface area contributed by atoms with E-state index in [2.05, 4.69) is 16.5 Å². The van der Waals surface area contributed by atoms with Crippen LogP contribution in [0.25, 0.3) is 0 Å². The van der Waals surface area contributed by atoms with Gasteiger partial charge in [-0.3, -0.25) is 0 Å². The molecule has 6 heteroatoms. The minimum Gasteiger partial charge on any atom is -0.497 e. The quantitative estimate of drug-likeness (QED) is 0.514. The van der Waals surface area contributed by atoms with E-state index in [0.29, 0.717) is 13.2 Å². The van der Waals surface area contributed by atoms with Crippen LogP contribution in [0.4, 0.5) is 0 Å². The molecule has 0 amide bonds. The Kier molecular flexibility index (Phi) is 11.7. The number of nitrogens with one attached hydrogen (secondary N) is 1. The van der Waals surface area contributed by atoms with E-state index in [-0.39, 0.29) is 0 Å². The smallest absolute Gasteiger partial charge is 0.127 e. The lowest BCUT2D eigenvalue weighted by Gasteiger charge is -2.27. The number of aliphatic hydroxyl groups is 1. The van der Waals surface area contributed by atoms with Gasteiger partial charge in [0, 0.05) is 24.7 Å². The lowest BCUT2D eigenvalue weighted by atomic mass is 10.1. The molecule has 1 saturated heterocycles. The van der Waals surface area contributed by atoms with Crippen molar-refractivity contribution in [3.05, 3.63) is 23.8 Å². The summed E-state index contributed by atoms with van der Waals surface area (Å²) in [5, 5.41) is 14.0. The van der Waals surface area contributed by atoms with E-state index in [1.54, 1.807) is 7.11 Å². The topological polar surface area (TPSA) is 54.0 Å². The summed E-state index contributed by atoms with van der Waals surface area (Å²) in [5.74, 6) is 2.74. The first-order valence-electron chi connectivity index (χ1n) is 10.6. The second-order valence-electron chi connectivity index (χ2n) is 7.53. The molecule has 2 N–H and O–H groups in total. The third-order valence-electron chi connectivity index (χ3n) is 5.14. The van der Waals surface area contributed by atoms with Crippen molar-refractivity contribution in [2.45, 2.75) is 51.2 Å². The van der Waals surface area contributed by atoms with Crippen LogP contribution in [0, 0.1) is 0 Å². The van der Waals surface area contributed by atoms with Crippen molar-refractivity contribution in [2.24, 2.45) is 0 Å². The fourth-order valence-corrected chi connectivity index (χ4v) is 3.97. The number of hydrogen-bond donors (Lipinski definition) is 2. The molecule has 1 aliphatic rings. The van der Waals surface area contributed by atoms with E-state index < -0.39 is 6.10 Å². The minimum atomic E-state index is -0.479. The molecule has 1 atom stereocenters. The summed E-state index contributed by atoms with van der Waals surface area (Å²) in [4.78, 5) is 2.38. The second kappa shape index (κ2) is 14.1. The number of methoxy groups -OCH3 is 1. The van der Waals surface area contributed by atoms with Crippen LogP contribution in [0.15, 0.2) is 18.2 Å². The number of ether oxygens (including phenoxy) is 2. The van der Waals surface area contributed by atoms with Gasteiger partial charge in [0.2, 0.25) is 0 Å². The zero-order valence-corrected chi connectivity index (χ0v) is 18.4. The Balaban J connectivity index is 1.84. The Morgan fingerprint density at radius 2 is 1.93 bits per heavy atom. The zero-order valence-electron chi connectivity index (χ0n) is 17.6. The van der Waals surface area contributed by atoms with Crippen molar-refractivity contribution in [1.29, 1.82) is 0 Å². The fraction of sp³-hybridized carbons (Fsp3) is 0.727. The van der Waals surface area contributed by atoms with Crippen molar-refractivity contribution in [3.8, 4) is 11.5 Å². The molecule has 28 heavy (non-hydrogen) atoms. The molecule has 0 bridgehead atoms. The van der Waals surface area contributed by atoms with Crippen LogP contribution >= 0.6 is 11.8 Å². The van der Waals surface area contributed by atoms with Crippen molar-refractivity contribution < 1.29 is 14.6 Å². The third-order valence-corrected chi connectivity index (χ3v) is 5.84. The molecule has 1 heterocycles. The number of β-amino-alcohol motifs (C(OH)–C–C–N with tert-alkyl or cyclic N) is 1. The van der Waals surface area contributed by atoms with Crippen LogP contribution < -0.4 is 14.8 Å². The Bertz CT molecular complexity index is 537. The predicted molar refractivity (Wildman–Crippen MR) is 119 cm³/mol. The molecule has 0 aromatic heterocycles. The van der Waals surface area contributed by atoms with E-state index >= 15 is 0 Å². The molecule has 1 unspecified atom stereocenters. The fourth-order valence-electron chi connectivity index (χ4n) is 3.54. The first kappa shape index (κ1) is 23.3. The molecule has 0 saturated carbocycles. The number of thioether (sulfide) groups is 1. The lowest BCUT2D eigenvalue weighted by molar-refractivity contribution is 0.0650. The number of hydrogen-bond acceptors (Lipinski definition) is 6. The van der Waals surface area contributed by atoms with E-state index in [9.17, 15) is 5.11 Å². The van der Waals surface area contributed by atoms with Gasteiger partial charge >= 0.3 is 0 Å². The van der Waals surface area contributed by atoms with E-state index in [0.717, 1.165) is 49.7 Å². The maximum Gasteiger partial charge on any atom is 0.127 e. The Labute approximate surface area is 175 Å². The van der Waals surface area contributed by atoms with Crippen molar-refractivity contribution in [2.75, 3.05) is 51.9 Å².